The van der Waals surface area contributed by atoms with Gasteiger partial charge in [-0.05, 0) is 0 Å². The van der Waals surface area contributed by atoms with Gasteiger partial charge in [-0.15, -0.1) is 12.4 Å². The maximum atomic E-state index is 8.08. The number of rotatable bonds is 1. The Hall–Kier alpha value is -0.520. The van der Waals surface area contributed by atoms with E-state index in [0.29, 0.717) is 5.92 Å². The van der Waals surface area contributed by atoms with Gasteiger partial charge < -0.3 is 5.32 Å². The summed E-state index contributed by atoms with van der Waals surface area (Å²) in [4.78, 5) is 0. The molecule has 0 unspecified atom stereocenters. The topological polar surface area (TPSA) is 35.8 Å². The van der Waals surface area contributed by atoms with Crippen LogP contribution in [0.4, 0.5) is 0 Å². The van der Waals surface area contributed by atoms with Crippen molar-refractivity contribution >= 4 is 12.4 Å². The van der Waals surface area contributed by atoms with E-state index in [1.807, 2.05) is 12.1 Å². The van der Waals surface area contributed by atoms with Gasteiger partial charge in [0.15, 0.2) is 0 Å². The van der Waals surface area contributed by atoms with Crippen LogP contribution in [0.15, 0.2) is 12.2 Å². The van der Waals surface area contributed by atoms with Crippen LogP contribution in [0.25, 0.3) is 0 Å². The molecule has 0 bridgehead atoms. The molecule has 1 aliphatic rings. The molecule has 1 rings (SSSR count). The maximum absolute atomic E-state index is 8.08. The van der Waals surface area contributed by atoms with Crippen LogP contribution in [0.3, 0.4) is 0 Å². The van der Waals surface area contributed by atoms with Gasteiger partial charge in [0.2, 0.25) is 0 Å². The molecule has 0 saturated carbocycles. The van der Waals surface area contributed by atoms with E-state index < -0.39 is 0 Å². The predicted octanol–water partition coefficient (Wildman–Crippen LogP) is 0.707. The molecule has 1 fully saturated rings. The second kappa shape index (κ2) is 4.37. The molecular weight excluding hydrogens is 136 g/mol. The molecule has 0 aliphatic carbocycles. The lowest BCUT2D eigenvalue weighted by atomic mass is 10.0. The lowest BCUT2D eigenvalue weighted by Gasteiger charge is -2.22. The van der Waals surface area contributed by atoms with Gasteiger partial charge in [-0.3, -0.25) is 0 Å². The van der Waals surface area contributed by atoms with Gasteiger partial charge in [0.05, 0.1) is 6.07 Å². The Balaban J connectivity index is 0.000000640. The zero-order valence-corrected chi connectivity index (χ0v) is 5.82. The van der Waals surface area contributed by atoms with Crippen molar-refractivity contribution in [3.05, 3.63) is 12.2 Å². The van der Waals surface area contributed by atoms with Crippen molar-refractivity contribution in [1.82, 2.24) is 5.32 Å². The normalized spacial score (nSPS) is 18.1. The van der Waals surface area contributed by atoms with Gasteiger partial charge in [-0.2, -0.15) is 5.26 Å². The zero-order chi connectivity index (χ0) is 5.82. The van der Waals surface area contributed by atoms with Crippen molar-refractivity contribution < 1.29 is 0 Å². The van der Waals surface area contributed by atoms with Crippen LogP contribution in [-0.4, -0.2) is 13.1 Å². The third-order valence-corrected chi connectivity index (χ3v) is 1.26. The number of allylic oxidation sites excluding steroid dienone is 1. The molecule has 0 aromatic carbocycles. The Morgan fingerprint density at radius 3 is 2.56 bits per heavy atom. The van der Waals surface area contributed by atoms with E-state index in [4.69, 9.17) is 5.26 Å². The van der Waals surface area contributed by atoms with Gasteiger partial charge in [-0.25, -0.2) is 0 Å². The minimum atomic E-state index is 0. The minimum Gasteiger partial charge on any atom is -0.315 e. The van der Waals surface area contributed by atoms with Crippen molar-refractivity contribution in [3.8, 4) is 6.07 Å². The highest BCUT2D eigenvalue weighted by atomic mass is 35.5. The van der Waals surface area contributed by atoms with Gasteiger partial charge >= 0.3 is 0 Å². The minimum absolute atomic E-state index is 0. The molecule has 1 saturated heterocycles. The Bertz CT molecular complexity index is 132. The number of nitrogens with one attached hydrogen (secondary N) is 1. The first-order valence-electron chi connectivity index (χ1n) is 2.70. The lowest BCUT2D eigenvalue weighted by Crippen LogP contribution is -2.40. The molecule has 1 heterocycles. The van der Waals surface area contributed by atoms with E-state index in [1.54, 1.807) is 6.08 Å². The first-order chi connectivity index (χ1) is 3.93. The molecule has 1 N–H and O–H groups in total. The van der Waals surface area contributed by atoms with Gasteiger partial charge in [-0.1, -0.05) is 6.08 Å². The molecular formula is C6H9ClN2. The van der Waals surface area contributed by atoms with Crippen molar-refractivity contribution in [2.75, 3.05) is 13.1 Å². The Morgan fingerprint density at radius 2 is 2.22 bits per heavy atom. The molecule has 0 spiro atoms. The summed E-state index contributed by atoms with van der Waals surface area (Å²) in [5.41, 5.74) is 0. The molecule has 1 aliphatic heterocycles. The van der Waals surface area contributed by atoms with E-state index in [1.165, 1.54) is 0 Å². The monoisotopic (exact) mass is 144 g/mol. The van der Waals surface area contributed by atoms with Gasteiger partial charge in [0.25, 0.3) is 0 Å². The molecule has 0 aromatic rings. The number of hydrogen-bond donors (Lipinski definition) is 1. The predicted molar refractivity (Wildman–Crippen MR) is 38.4 cm³/mol. The van der Waals surface area contributed by atoms with Crippen molar-refractivity contribution in [2.24, 2.45) is 5.92 Å². The van der Waals surface area contributed by atoms with Gasteiger partial charge in [0.1, 0.15) is 0 Å². The molecule has 0 radical (unpaired) electrons. The van der Waals surface area contributed by atoms with E-state index in [9.17, 15) is 0 Å². The first kappa shape index (κ1) is 8.48. The second-order valence-corrected chi connectivity index (χ2v) is 1.91. The highest BCUT2D eigenvalue weighted by Gasteiger charge is 2.11. The van der Waals surface area contributed by atoms with Crippen LogP contribution in [0.5, 0.6) is 0 Å². The highest BCUT2D eigenvalue weighted by molar-refractivity contribution is 5.85. The fourth-order valence-corrected chi connectivity index (χ4v) is 0.626. The summed E-state index contributed by atoms with van der Waals surface area (Å²) >= 11 is 0. The van der Waals surface area contributed by atoms with Crippen LogP contribution >= 0.6 is 12.4 Å². The average molecular weight is 145 g/mol. The Morgan fingerprint density at radius 1 is 1.56 bits per heavy atom. The Labute approximate surface area is 61.0 Å². The summed E-state index contributed by atoms with van der Waals surface area (Å²) in [6, 6.07) is 1.96. The van der Waals surface area contributed by atoms with Crippen LogP contribution in [0.1, 0.15) is 0 Å². The fraction of sp³-hybridized carbons (Fsp3) is 0.500. The molecule has 0 amide bonds. The quantitative estimate of drug-likeness (QED) is 0.551. The third kappa shape index (κ3) is 2.50. The summed E-state index contributed by atoms with van der Waals surface area (Å²) in [6.45, 7) is 2.08. The smallest absolute Gasteiger partial charge is 0.0908 e. The Kier molecular flexibility index (Phi) is 4.12. The summed E-state index contributed by atoms with van der Waals surface area (Å²) in [5, 5.41) is 11.2. The zero-order valence-electron chi connectivity index (χ0n) is 5.00. The standard InChI is InChI=1S/C6H8N2.ClH/c7-3-1-2-6-4-8-5-6;/h1-2,6,8H,4-5H2;1H/b2-1+;. The summed E-state index contributed by atoms with van der Waals surface area (Å²) in [5.74, 6) is 0.620. The fourth-order valence-electron chi connectivity index (χ4n) is 0.626. The summed E-state index contributed by atoms with van der Waals surface area (Å²) in [6.07, 6.45) is 3.49. The van der Waals surface area contributed by atoms with E-state index in [2.05, 4.69) is 5.32 Å². The number of nitrogens with zero attached hydrogens (tertiary/aromatic N) is 1. The van der Waals surface area contributed by atoms with Crippen LogP contribution < -0.4 is 5.32 Å². The van der Waals surface area contributed by atoms with E-state index in [0.717, 1.165) is 13.1 Å². The molecule has 0 atom stereocenters. The molecule has 50 valence electrons. The average Bonchev–Trinajstić information content (AvgIpc) is 1.63. The third-order valence-electron chi connectivity index (χ3n) is 1.26. The first-order valence-corrected chi connectivity index (χ1v) is 2.70. The van der Waals surface area contributed by atoms with Gasteiger partial charge in [0, 0.05) is 25.1 Å². The molecule has 0 aromatic heterocycles. The van der Waals surface area contributed by atoms with Crippen LogP contribution in [0.2, 0.25) is 0 Å². The van der Waals surface area contributed by atoms with Crippen molar-refractivity contribution in [2.45, 2.75) is 0 Å². The lowest BCUT2D eigenvalue weighted by molar-refractivity contribution is 0.419. The number of halogens is 1. The van der Waals surface area contributed by atoms with Crippen molar-refractivity contribution in [3.63, 3.8) is 0 Å². The van der Waals surface area contributed by atoms with E-state index >= 15 is 0 Å². The number of nitriles is 1. The summed E-state index contributed by atoms with van der Waals surface area (Å²) in [7, 11) is 0. The van der Waals surface area contributed by atoms with Crippen LogP contribution in [-0.2, 0) is 0 Å². The highest BCUT2D eigenvalue weighted by Crippen LogP contribution is 2.02. The molecule has 2 nitrogen and oxygen atoms in total. The molecule has 9 heavy (non-hydrogen) atoms. The number of hydrogen-bond acceptors (Lipinski definition) is 2. The van der Waals surface area contributed by atoms with Crippen molar-refractivity contribution in [1.29, 1.82) is 5.26 Å². The second-order valence-electron chi connectivity index (χ2n) is 1.91. The SMILES string of the molecule is Cl.N#C/C=C/C1CNC1. The molecule has 3 heteroatoms. The van der Waals surface area contributed by atoms with Crippen LogP contribution in [0, 0.1) is 17.2 Å². The van der Waals surface area contributed by atoms with E-state index in [-0.39, 0.29) is 12.4 Å². The largest absolute Gasteiger partial charge is 0.315 e. The summed E-state index contributed by atoms with van der Waals surface area (Å²) < 4.78 is 0. The maximum Gasteiger partial charge on any atom is 0.0908 e.